The van der Waals surface area contributed by atoms with E-state index in [1.165, 1.54) is 25.7 Å². The van der Waals surface area contributed by atoms with Crippen LogP contribution >= 0.6 is 12.2 Å². The minimum absolute atomic E-state index is 0.0308. The summed E-state index contributed by atoms with van der Waals surface area (Å²) in [4.78, 5) is 26.9. The molecule has 7 heteroatoms. The van der Waals surface area contributed by atoms with E-state index in [2.05, 4.69) is 10.6 Å². The maximum absolute atomic E-state index is 12.7. The van der Waals surface area contributed by atoms with Gasteiger partial charge in [-0.15, -0.1) is 0 Å². The molecule has 30 heavy (non-hydrogen) atoms. The molecular weight excluding hydrogens is 398 g/mol. The zero-order chi connectivity index (χ0) is 21.7. The van der Waals surface area contributed by atoms with E-state index >= 15 is 0 Å². The fourth-order valence-corrected chi connectivity index (χ4v) is 4.47. The Morgan fingerprint density at radius 2 is 2.03 bits per heavy atom. The zero-order valence-electron chi connectivity index (χ0n) is 18.0. The molecule has 1 amide bonds. The normalized spacial score (nSPS) is 19.6. The molecule has 1 aliphatic carbocycles. The second kappa shape index (κ2) is 10.1. The van der Waals surface area contributed by atoms with Crippen LogP contribution in [0.25, 0.3) is 0 Å². The summed E-state index contributed by atoms with van der Waals surface area (Å²) in [6.45, 7) is 3.95. The summed E-state index contributed by atoms with van der Waals surface area (Å²) in [6.07, 6.45) is 6.55. The third-order valence-corrected chi connectivity index (χ3v) is 6.40. The molecule has 1 fully saturated rings. The molecule has 162 valence electrons. The van der Waals surface area contributed by atoms with Crippen molar-refractivity contribution in [2.75, 3.05) is 19.0 Å². The van der Waals surface area contributed by atoms with Crippen molar-refractivity contribution in [3.63, 3.8) is 0 Å². The van der Waals surface area contributed by atoms with Crippen LogP contribution in [0.15, 0.2) is 35.5 Å². The third-order valence-electron chi connectivity index (χ3n) is 6.01. The Hall–Kier alpha value is -2.41. The van der Waals surface area contributed by atoms with Gasteiger partial charge >= 0.3 is 5.97 Å². The van der Waals surface area contributed by atoms with Crippen LogP contribution in [0.2, 0.25) is 0 Å². The smallest absolute Gasteiger partial charge is 0.338 e. The number of rotatable bonds is 7. The minimum Gasteiger partial charge on any atom is -0.463 e. The summed E-state index contributed by atoms with van der Waals surface area (Å²) in [5.41, 5.74) is 2.85. The van der Waals surface area contributed by atoms with Crippen LogP contribution in [0.4, 0.5) is 5.69 Å². The lowest BCUT2D eigenvalue weighted by molar-refractivity contribution is -0.139. The predicted molar refractivity (Wildman–Crippen MR) is 122 cm³/mol. The van der Waals surface area contributed by atoms with Crippen LogP contribution in [-0.2, 0) is 14.3 Å². The lowest BCUT2D eigenvalue weighted by Crippen LogP contribution is -2.46. The van der Waals surface area contributed by atoms with Crippen molar-refractivity contribution in [1.29, 1.82) is 0 Å². The number of esters is 1. The highest BCUT2D eigenvalue weighted by Gasteiger charge is 2.33. The Morgan fingerprint density at radius 3 is 2.73 bits per heavy atom. The number of anilines is 1. The first-order valence-electron chi connectivity index (χ1n) is 10.7. The van der Waals surface area contributed by atoms with Crippen LogP contribution in [0.1, 0.15) is 64.0 Å². The molecule has 1 atom stereocenters. The number of thiocarbonyl (C=S) groups is 1. The van der Waals surface area contributed by atoms with Crippen molar-refractivity contribution in [2.24, 2.45) is 5.92 Å². The average Bonchev–Trinajstić information content (AvgIpc) is 3.24. The van der Waals surface area contributed by atoms with Crippen molar-refractivity contribution < 1.29 is 14.3 Å². The highest BCUT2D eigenvalue weighted by molar-refractivity contribution is 7.80. The van der Waals surface area contributed by atoms with Gasteiger partial charge < -0.3 is 20.3 Å². The van der Waals surface area contributed by atoms with E-state index < -0.39 is 6.04 Å². The van der Waals surface area contributed by atoms with Crippen LogP contribution < -0.4 is 10.6 Å². The lowest BCUT2D eigenvalue weighted by atomic mass is 9.94. The summed E-state index contributed by atoms with van der Waals surface area (Å²) < 4.78 is 5.29. The number of allylic oxidation sites excluding steroid dienone is 1. The Kier molecular flexibility index (Phi) is 7.48. The molecule has 1 heterocycles. The van der Waals surface area contributed by atoms with Crippen LogP contribution in [-0.4, -0.2) is 35.5 Å². The molecule has 0 saturated heterocycles. The maximum Gasteiger partial charge on any atom is 0.338 e. The van der Waals surface area contributed by atoms with Crippen LogP contribution in [0.3, 0.4) is 0 Å². The van der Waals surface area contributed by atoms with E-state index in [-0.39, 0.29) is 11.9 Å². The van der Waals surface area contributed by atoms with E-state index in [1.54, 1.807) is 11.8 Å². The number of amides is 1. The summed E-state index contributed by atoms with van der Waals surface area (Å²) >= 11 is 5.44. The van der Waals surface area contributed by atoms with Gasteiger partial charge in [-0.25, -0.2) is 4.79 Å². The van der Waals surface area contributed by atoms with Crippen LogP contribution in [0, 0.1) is 5.92 Å². The molecule has 1 aromatic carbocycles. The standard InChI is InChI=1S/C23H31N3O3S/c1-4-29-22(28)20-15(2)26(3)23(30)25-21(20)17-10-7-11-18(14-17)24-19(27)13-12-16-8-5-6-9-16/h7,10-11,14,16,21H,4-6,8-9,12-13H2,1-3H3,(H,24,27)(H,25,30)/t21-/m1/s1. The largest absolute Gasteiger partial charge is 0.463 e. The molecule has 1 aliphatic heterocycles. The van der Waals surface area contributed by atoms with E-state index in [0.717, 1.165) is 23.4 Å². The topological polar surface area (TPSA) is 70.7 Å². The van der Waals surface area contributed by atoms with Gasteiger partial charge in [-0.05, 0) is 56.1 Å². The van der Waals surface area contributed by atoms with Crippen LogP contribution in [0.5, 0.6) is 0 Å². The van der Waals surface area contributed by atoms with Crippen molar-refractivity contribution in [3.8, 4) is 0 Å². The second-order valence-corrected chi connectivity index (χ2v) is 8.41. The van der Waals surface area contributed by atoms with Gasteiger partial charge in [-0.1, -0.05) is 37.8 Å². The highest BCUT2D eigenvalue weighted by Crippen LogP contribution is 2.32. The van der Waals surface area contributed by atoms with Gasteiger partial charge in [0.05, 0.1) is 18.2 Å². The summed E-state index contributed by atoms with van der Waals surface area (Å²) in [5, 5.41) is 6.77. The number of ether oxygens (including phenoxy) is 1. The van der Waals surface area contributed by atoms with Gasteiger partial charge in [-0.3, -0.25) is 4.79 Å². The number of nitrogens with one attached hydrogen (secondary N) is 2. The monoisotopic (exact) mass is 429 g/mol. The Bertz CT molecular complexity index is 846. The highest BCUT2D eigenvalue weighted by atomic mass is 32.1. The number of carbonyl (C=O) groups excluding carboxylic acids is 2. The average molecular weight is 430 g/mol. The Labute approximate surface area is 184 Å². The van der Waals surface area contributed by atoms with Gasteiger partial charge in [-0.2, -0.15) is 0 Å². The summed E-state index contributed by atoms with van der Waals surface area (Å²) in [7, 11) is 1.82. The molecule has 6 nitrogen and oxygen atoms in total. The van der Waals surface area contributed by atoms with Gasteiger partial charge in [0.25, 0.3) is 0 Å². The van der Waals surface area contributed by atoms with Gasteiger partial charge in [0.15, 0.2) is 5.11 Å². The van der Waals surface area contributed by atoms with E-state index in [9.17, 15) is 9.59 Å². The van der Waals surface area contributed by atoms with Gasteiger partial charge in [0.1, 0.15) is 0 Å². The first-order valence-corrected chi connectivity index (χ1v) is 11.1. The fraction of sp³-hybridized carbons (Fsp3) is 0.522. The van der Waals surface area contributed by atoms with Crippen molar-refractivity contribution in [1.82, 2.24) is 10.2 Å². The number of carbonyl (C=O) groups is 2. The number of benzene rings is 1. The maximum atomic E-state index is 12.7. The Balaban J connectivity index is 1.76. The molecule has 2 N–H and O–H groups in total. The molecule has 0 aromatic heterocycles. The third kappa shape index (κ3) is 5.19. The number of hydrogen-bond acceptors (Lipinski definition) is 4. The van der Waals surface area contributed by atoms with Crippen molar-refractivity contribution >= 4 is 34.9 Å². The summed E-state index contributed by atoms with van der Waals surface area (Å²) in [5.74, 6) is 0.350. The first-order chi connectivity index (χ1) is 14.4. The molecule has 2 aliphatic rings. The van der Waals surface area contributed by atoms with E-state index in [1.807, 2.05) is 38.2 Å². The number of nitrogens with zero attached hydrogens (tertiary/aromatic N) is 1. The quantitative estimate of drug-likeness (QED) is 0.498. The summed E-state index contributed by atoms with van der Waals surface area (Å²) in [6, 6.07) is 7.13. The Morgan fingerprint density at radius 1 is 1.30 bits per heavy atom. The molecule has 0 radical (unpaired) electrons. The SMILES string of the molecule is CCOC(=O)C1=C(C)N(C)C(=S)N[C@@H]1c1cccc(NC(=O)CCC2CCCC2)c1. The molecular formula is C23H31N3O3S. The molecule has 0 bridgehead atoms. The zero-order valence-corrected chi connectivity index (χ0v) is 18.8. The first kappa shape index (κ1) is 22.3. The van der Waals surface area contributed by atoms with Gasteiger partial charge in [0, 0.05) is 24.9 Å². The van der Waals surface area contributed by atoms with Gasteiger partial charge in [0.2, 0.25) is 5.91 Å². The number of hydrogen-bond donors (Lipinski definition) is 2. The molecule has 3 rings (SSSR count). The van der Waals surface area contributed by atoms with E-state index in [4.69, 9.17) is 17.0 Å². The predicted octanol–water partition coefficient (Wildman–Crippen LogP) is 4.29. The molecule has 0 spiro atoms. The molecule has 0 unspecified atom stereocenters. The van der Waals surface area contributed by atoms with Crippen molar-refractivity contribution in [2.45, 2.75) is 58.4 Å². The fourth-order valence-electron chi connectivity index (χ4n) is 4.21. The van der Waals surface area contributed by atoms with Crippen molar-refractivity contribution in [3.05, 3.63) is 41.1 Å². The molecule has 1 aromatic rings. The second-order valence-electron chi connectivity index (χ2n) is 8.02. The minimum atomic E-state index is -0.428. The van der Waals surface area contributed by atoms with E-state index in [0.29, 0.717) is 29.6 Å². The molecule has 1 saturated carbocycles. The lowest BCUT2D eigenvalue weighted by Gasteiger charge is -2.35.